The highest BCUT2D eigenvalue weighted by Crippen LogP contribution is 2.13. The average Bonchev–Trinajstić information content (AvgIpc) is 2.00. The van der Waals surface area contributed by atoms with Gasteiger partial charge in [-0.05, 0) is 0 Å². The second kappa shape index (κ2) is 4.00. The lowest BCUT2D eigenvalue weighted by molar-refractivity contribution is -0.151. The van der Waals surface area contributed by atoms with Crippen LogP contribution in [0.15, 0.2) is 12.7 Å². The fraction of sp³-hybridized carbons (Fsp3) is 0.500. The monoisotopic (exact) mass is 168 g/mol. The van der Waals surface area contributed by atoms with E-state index >= 15 is 0 Å². The van der Waals surface area contributed by atoms with Gasteiger partial charge in [0.05, 0.1) is 0 Å². The van der Waals surface area contributed by atoms with Crippen LogP contribution in [-0.4, -0.2) is 25.2 Å². The SMILES string of the molecule is C=CC(=O)OCC(F)(F)CF. The Bertz CT molecular complexity index is 156. The molecule has 64 valence electrons. The fourth-order valence-corrected chi connectivity index (χ4v) is 0.274. The van der Waals surface area contributed by atoms with E-state index in [9.17, 15) is 18.0 Å². The van der Waals surface area contributed by atoms with Gasteiger partial charge in [-0.3, -0.25) is 0 Å². The highest BCUT2D eigenvalue weighted by Gasteiger charge is 2.30. The number of esters is 1. The standard InChI is InChI=1S/C6H7F3O2/c1-2-5(10)11-4-6(8,9)3-7/h2H,1,3-4H2. The molecule has 0 aromatic heterocycles. The van der Waals surface area contributed by atoms with Crippen LogP contribution in [0.4, 0.5) is 13.2 Å². The first-order valence-corrected chi connectivity index (χ1v) is 2.75. The zero-order valence-corrected chi connectivity index (χ0v) is 5.65. The summed E-state index contributed by atoms with van der Waals surface area (Å²) in [6, 6.07) is 0. The third-order valence-corrected chi connectivity index (χ3v) is 0.788. The summed E-state index contributed by atoms with van der Waals surface area (Å²) in [5.41, 5.74) is 0. The summed E-state index contributed by atoms with van der Waals surface area (Å²) in [6.07, 6.45) is 0.730. The van der Waals surface area contributed by atoms with Gasteiger partial charge in [-0.15, -0.1) is 0 Å². The summed E-state index contributed by atoms with van der Waals surface area (Å²) in [4.78, 5) is 10.2. The lowest BCUT2D eigenvalue weighted by atomic mass is 10.4. The van der Waals surface area contributed by atoms with E-state index in [2.05, 4.69) is 11.3 Å². The molecule has 11 heavy (non-hydrogen) atoms. The van der Waals surface area contributed by atoms with E-state index in [1.165, 1.54) is 0 Å². The number of rotatable bonds is 4. The van der Waals surface area contributed by atoms with Crippen LogP contribution in [0.2, 0.25) is 0 Å². The van der Waals surface area contributed by atoms with Crippen LogP contribution in [0.1, 0.15) is 0 Å². The van der Waals surface area contributed by atoms with Gasteiger partial charge in [0.1, 0.15) is 0 Å². The maximum absolute atomic E-state index is 12.0. The molecule has 0 unspecified atom stereocenters. The van der Waals surface area contributed by atoms with Crippen molar-refractivity contribution in [2.45, 2.75) is 5.92 Å². The van der Waals surface area contributed by atoms with Gasteiger partial charge in [0, 0.05) is 6.08 Å². The minimum Gasteiger partial charge on any atom is -0.456 e. The Morgan fingerprint density at radius 1 is 1.64 bits per heavy atom. The van der Waals surface area contributed by atoms with Crippen LogP contribution in [0, 0.1) is 0 Å². The quantitative estimate of drug-likeness (QED) is 0.467. The summed E-state index contributed by atoms with van der Waals surface area (Å²) >= 11 is 0. The molecule has 0 heterocycles. The molecule has 0 aliphatic carbocycles. The van der Waals surface area contributed by atoms with Crippen molar-refractivity contribution in [1.29, 1.82) is 0 Å². The first-order chi connectivity index (χ1) is 5.02. The van der Waals surface area contributed by atoms with Crippen LogP contribution in [-0.2, 0) is 9.53 Å². The molecule has 0 spiro atoms. The van der Waals surface area contributed by atoms with E-state index in [1.807, 2.05) is 0 Å². The van der Waals surface area contributed by atoms with Crippen molar-refractivity contribution < 1.29 is 22.7 Å². The molecule has 0 N–H and O–H groups in total. The fourth-order valence-electron chi connectivity index (χ4n) is 0.274. The van der Waals surface area contributed by atoms with Crippen LogP contribution in [0.25, 0.3) is 0 Å². The molecular weight excluding hydrogens is 161 g/mol. The van der Waals surface area contributed by atoms with E-state index in [0.29, 0.717) is 0 Å². The molecule has 2 nitrogen and oxygen atoms in total. The van der Waals surface area contributed by atoms with Crippen LogP contribution < -0.4 is 0 Å². The topological polar surface area (TPSA) is 26.3 Å². The van der Waals surface area contributed by atoms with Crippen molar-refractivity contribution in [1.82, 2.24) is 0 Å². The predicted molar refractivity (Wildman–Crippen MR) is 32.1 cm³/mol. The molecule has 0 aromatic rings. The molecule has 5 heteroatoms. The van der Waals surface area contributed by atoms with Gasteiger partial charge in [0.25, 0.3) is 0 Å². The van der Waals surface area contributed by atoms with E-state index in [1.54, 1.807) is 0 Å². The molecule has 0 fully saturated rings. The van der Waals surface area contributed by atoms with Gasteiger partial charge < -0.3 is 4.74 Å². The van der Waals surface area contributed by atoms with Gasteiger partial charge in [-0.1, -0.05) is 6.58 Å². The number of alkyl halides is 3. The first-order valence-electron chi connectivity index (χ1n) is 2.75. The van der Waals surface area contributed by atoms with Crippen molar-refractivity contribution in [3.63, 3.8) is 0 Å². The lowest BCUT2D eigenvalue weighted by Crippen LogP contribution is -2.27. The van der Waals surface area contributed by atoms with Crippen molar-refractivity contribution in [2.75, 3.05) is 13.3 Å². The number of hydrogen-bond donors (Lipinski definition) is 0. The lowest BCUT2D eigenvalue weighted by Gasteiger charge is -2.10. The smallest absolute Gasteiger partial charge is 0.330 e. The average molecular weight is 168 g/mol. The molecule has 0 bridgehead atoms. The molecular formula is C6H7F3O2. The van der Waals surface area contributed by atoms with Crippen LogP contribution in [0.5, 0.6) is 0 Å². The van der Waals surface area contributed by atoms with Crippen molar-refractivity contribution >= 4 is 5.97 Å². The Balaban J connectivity index is 3.69. The molecule has 0 atom stereocenters. The largest absolute Gasteiger partial charge is 0.456 e. The summed E-state index contributed by atoms with van der Waals surface area (Å²) in [5, 5.41) is 0. The zero-order valence-electron chi connectivity index (χ0n) is 5.65. The third-order valence-electron chi connectivity index (χ3n) is 0.788. The maximum Gasteiger partial charge on any atom is 0.330 e. The number of carbonyl (C=O) groups is 1. The van der Waals surface area contributed by atoms with Gasteiger partial charge >= 0.3 is 11.9 Å². The minimum atomic E-state index is -3.58. The summed E-state index contributed by atoms with van der Waals surface area (Å²) < 4.78 is 39.2. The van der Waals surface area contributed by atoms with Gasteiger partial charge in [-0.2, -0.15) is 8.78 Å². The number of carbonyl (C=O) groups excluding carboxylic acids is 1. The summed E-state index contributed by atoms with van der Waals surface area (Å²) in [7, 11) is 0. The molecule has 0 saturated carbocycles. The highest BCUT2D eigenvalue weighted by molar-refractivity contribution is 5.81. The second-order valence-electron chi connectivity index (χ2n) is 1.80. The minimum absolute atomic E-state index is 0.730. The number of ether oxygens (including phenoxy) is 1. The van der Waals surface area contributed by atoms with Gasteiger partial charge in [0.15, 0.2) is 13.3 Å². The molecule has 0 amide bonds. The molecule has 0 radical (unpaired) electrons. The molecule has 0 saturated heterocycles. The van der Waals surface area contributed by atoms with E-state index in [-0.39, 0.29) is 0 Å². The number of halogens is 3. The second-order valence-corrected chi connectivity index (χ2v) is 1.80. The van der Waals surface area contributed by atoms with E-state index in [4.69, 9.17) is 0 Å². The maximum atomic E-state index is 12.0. The molecule has 0 aliphatic rings. The zero-order chi connectivity index (χ0) is 8.91. The Morgan fingerprint density at radius 2 is 2.18 bits per heavy atom. The molecule has 0 aromatic carbocycles. The Labute approximate surface area is 61.6 Å². The third kappa shape index (κ3) is 4.41. The first kappa shape index (κ1) is 10.0. The van der Waals surface area contributed by atoms with Crippen molar-refractivity contribution in [3.8, 4) is 0 Å². The van der Waals surface area contributed by atoms with Gasteiger partial charge in [-0.25, -0.2) is 9.18 Å². The van der Waals surface area contributed by atoms with Crippen molar-refractivity contribution in [3.05, 3.63) is 12.7 Å². The molecule has 0 aliphatic heterocycles. The van der Waals surface area contributed by atoms with E-state index in [0.717, 1.165) is 6.08 Å². The predicted octanol–water partition coefficient (Wildman–Crippen LogP) is 1.32. The Kier molecular flexibility index (Phi) is 3.64. The summed E-state index contributed by atoms with van der Waals surface area (Å²) in [5.74, 6) is -4.57. The van der Waals surface area contributed by atoms with Gasteiger partial charge in [0.2, 0.25) is 0 Å². The Morgan fingerprint density at radius 3 is 2.55 bits per heavy atom. The highest BCUT2D eigenvalue weighted by atomic mass is 19.3. The summed E-state index contributed by atoms with van der Waals surface area (Å²) in [6.45, 7) is -0.104. The normalized spacial score (nSPS) is 10.8. The molecule has 0 rings (SSSR count). The van der Waals surface area contributed by atoms with Crippen LogP contribution >= 0.6 is 0 Å². The Hall–Kier alpha value is -1.00. The van der Waals surface area contributed by atoms with Crippen LogP contribution in [0.3, 0.4) is 0 Å². The van der Waals surface area contributed by atoms with E-state index < -0.39 is 25.2 Å². The number of hydrogen-bond acceptors (Lipinski definition) is 2. The van der Waals surface area contributed by atoms with Crippen molar-refractivity contribution in [2.24, 2.45) is 0 Å².